The van der Waals surface area contributed by atoms with Gasteiger partial charge in [0.2, 0.25) is 0 Å². The van der Waals surface area contributed by atoms with Gasteiger partial charge in [0.05, 0.1) is 0 Å². The maximum absolute atomic E-state index is 12.3. The molecule has 1 fully saturated rings. The molecule has 0 bridgehead atoms. The van der Waals surface area contributed by atoms with E-state index in [1.165, 1.54) is 18.9 Å². The summed E-state index contributed by atoms with van der Waals surface area (Å²) >= 11 is 0. The highest BCUT2D eigenvalue weighted by atomic mass is 19.3. The molecule has 0 aromatic heterocycles. The number of aliphatic imine (C=N–C) groups is 1. The maximum Gasteiger partial charge on any atom is 0.387 e. The summed E-state index contributed by atoms with van der Waals surface area (Å²) in [4.78, 5) is 4.12. The second-order valence-corrected chi connectivity index (χ2v) is 5.07. The summed E-state index contributed by atoms with van der Waals surface area (Å²) in [5.74, 6) is 1.71. The number of rotatable bonds is 7. The van der Waals surface area contributed by atoms with Crippen molar-refractivity contribution >= 4 is 5.96 Å². The van der Waals surface area contributed by atoms with Crippen LogP contribution in [0.3, 0.4) is 0 Å². The number of nitrogens with zero attached hydrogens (tertiary/aromatic N) is 1. The summed E-state index contributed by atoms with van der Waals surface area (Å²) in [6, 6.07) is 6.75. The molecule has 0 spiro atoms. The van der Waals surface area contributed by atoms with E-state index in [-0.39, 0.29) is 5.75 Å². The Balaban J connectivity index is 1.82. The first kappa shape index (κ1) is 15.5. The van der Waals surface area contributed by atoms with Gasteiger partial charge in [0.15, 0.2) is 5.96 Å². The summed E-state index contributed by atoms with van der Waals surface area (Å²) in [6.07, 6.45) is 3.80. The van der Waals surface area contributed by atoms with Crippen LogP contribution in [0.15, 0.2) is 29.3 Å². The van der Waals surface area contributed by atoms with E-state index >= 15 is 0 Å². The van der Waals surface area contributed by atoms with Crippen LogP contribution in [0, 0.1) is 5.92 Å². The average Bonchev–Trinajstić information content (AvgIpc) is 3.27. The molecule has 0 heterocycles. The third kappa shape index (κ3) is 5.57. The maximum atomic E-state index is 12.3. The first-order chi connectivity index (χ1) is 10.2. The van der Waals surface area contributed by atoms with Crippen LogP contribution in [0.5, 0.6) is 5.75 Å². The summed E-state index contributed by atoms with van der Waals surface area (Å²) in [6.45, 7) is -1.56. The minimum atomic E-state index is -2.82. The lowest BCUT2D eigenvalue weighted by molar-refractivity contribution is -0.0504. The highest BCUT2D eigenvalue weighted by Crippen LogP contribution is 2.31. The van der Waals surface area contributed by atoms with Crippen molar-refractivity contribution in [2.45, 2.75) is 32.4 Å². The Labute approximate surface area is 123 Å². The third-order valence-electron chi connectivity index (χ3n) is 3.40. The number of nitrogens with one attached hydrogen (secondary N) is 2. The fourth-order valence-electron chi connectivity index (χ4n) is 2.06. The molecule has 0 saturated heterocycles. The molecule has 0 unspecified atom stereocenters. The van der Waals surface area contributed by atoms with Crippen LogP contribution in [0.4, 0.5) is 8.78 Å². The topological polar surface area (TPSA) is 45.7 Å². The van der Waals surface area contributed by atoms with Gasteiger partial charge in [-0.3, -0.25) is 4.99 Å². The highest BCUT2D eigenvalue weighted by molar-refractivity contribution is 5.79. The number of alkyl halides is 2. The first-order valence-corrected chi connectivity index (χ1v) is 7.16. The van der Waals surface area contributed by atoms with Crippen molar-refractivity contribution in [2.75, 3.05) is 13.6 Å². The van der Waals surface area contributed by atoms with E-state index < -0.39 is 6.61 Å². The summed E-state index contributed by atoms with van der Waals surface area (Å²) in [5.41, 5.74) is 0.669. The van der Waals surface area contributed by atoms with Gasteiger partial charge in [-0.25, -0.2) is 0 Å². The van der Waals surface area contributed by atoms with Gasteiger partial charge < -0.3 is 15.4 Å². The number of guanidine groups is 1. The molecule has 2 N–H and O–H groups in total. The molecule has 1 aliphatic carbocycles. The normalized spacial score (nSPS) is 15.1. The molecule has 116 valence electrons. The lowest BCUT2D eigenvalue weighted by Gasteiger charge is -2.14. The second-order valence-electron chi connectivity index (χ2n) is 5.07. The number of hydrogen-bond donors (Lipinski definition) is 2. The SMILES string of the molecule is CN=C(NCCC1CC1)NCc1ccccc1OC(F)F. The smallest absolute Gasteiger partial charge is 0.387 e. The zero-order valence-electron chi connectivity index (χ0n) is 12.1. The van der Waals surface area contributed by atoms with Gasteiger partial charge >= 0.3 is 6.61 Å². The molecule has 1 aromatic carbocycles. The van der Waals surface area contributed by atoms with Crippen molar-refractivity contribution in [3.8, 4) is 5.75 Å². The van der Waals surface area contributed by atoms with Gasteiger partial charge in [-0.15, -0.1) is 0 Å². The fourth-order valence-corrected chi connectivity index (χ4v) is 2.06. The van der Waals surface area contributed by atoms with Crippen molar-refractivity contribution in [3.63, 3.8) is 0 Å². The van der Waals surface area contributed by atoms with Crippen LogP contribution in [0.2, 0.25) is 0 Å². The molecule has 21 heavy (non-hydrogen) atoms. The molecule has 4 nitrogen and oxygen atoms in total. The van der Waals surface area contributed by atoms with Crippen molar-refractivity contribution in [2.24, 2.45) is 10.9 Å². The molecule has 0 amide bonds. The average molecular weight is 297 g/mol. The number of halogens is 2. The van der Waals surface area contributed by atoms with Crippen LogP contribution in [0.25, 0.3) is 0 Å². The molecule has 6 heteroatoms. The van der Waals surface area contributed by atoms with Gasteiger partial charge in [0.1, 0.15) is 5.75 Å². The predicted molar refractivity (Wildman–Crippen MR) is 78.6 cm³/mol. The van der Waals surface area contributed by atoms with Gasteiger partial charge in [-0.2, -0.15) is 8.78 Å². The van der Waals surface area contributed by atoms with Gasteiger partial charge in [-0.05, 0) is 18.4 Å². The van der Waals surface area contributed by atoms with E-state index in [2.05, 4.69) is 20.4 Å². The van der Waals surface area contributed by atoms with Crippen molar-refractivity contribution in [3.05, 3.63) is 29.8 Å². The second kappa shape index (κ2) is 7.81. The highest BCUT2D eigenvalue weighted by Gasteiger charge is 2.20. The standard InChI is InChI=1S/C15H21F2N3O/c1-18-15(19-9-8-11-6-7-11)20-10-12-4-2-3-5-13(12)21-14(16)17/h2-5,11,14H,6-10H2,1H3,(H2,18,19,20). The fraction of sp³-hybridized carbons (Fsp3) is 0.533. The number of hydrogen-bond acceptors (Lipinski definition) is 2. The van der Waals surface area contributed by atoms with Crippen molar-refractivity contribution in [1.29, 1.82) is 0 Å². The molecule has 1 aromatic rings. The van der Waals surface area contributed by atoms with Crippen molar-refractivity contribution < 1.29 is 13.5 Å². The molecule has 1 aliphatic rings. The Kier molecular flexibility index (Phi) is 5.78. The first-order valence-electron chi connectivity index (χ1n) is 7.16. The quantitative estimate of drug-likeness (QED) is 0.601. The lowest BCUT2D eigenvalue weighted by atomic mass is 10.2. The minimum absolute atomic E-state index is 0.188. The predicted octanol–water partition coefficient (Wildman–Crippen LogP) is 2.75. The Morgan fingerprint density at radius 1 is 1.33 bits per heavy atom. The van der Waals surface area contributed by atoms with E-state index in [1.54, 1.807) is 25.2 Å². The van der Waals surface area contributed by atoms with Crippen LogP contribution in [-0.4, -0.2) is 26.2 Å². The van der Waals surface area contributed by atoms with E-state index in [0.29, 0.717) is 18.1 Å². The Morgan fingerprint density at radius 2 is 2.10 bits per heavy atom. The van der Waals surface area contributed by atoms with E-state index in [1.807, 2.05) is 0 Å². The minimum Gasteiger partial charge on any atom is -0.434 e. The zero-order valence-corrected chi connectivity index (χ0v) is 12.1. The van der Waals surface area contributed by atoms with E-state index in [9.17, 15) is 8.78 Å². The molecule has 0 aliphatic heterocycles. The van der Waals surface area contributed by atoms with Gasteiger partial charge in [0, 0.05) is 25.7 Å². The Hall–Kier alpha value is -1.85. The zero-order chi connectivity index (χ0) is 15.1. The largest absolute Gasteiger partial charge is 0.434 e. The van der Waals surface area contributed by atoms with Crippen LogP contribution < -0.4 is 15.4 Å². The van der Waals surface area contributed by atoms with Crippen LogP contribution in [-0.2, 0) is 6.54 Å². The summed E-state index contributed by atoms with van der Waals surface area (Å²) in [7, 11) is 1.69. The monoisotopic (exact) mass is 297 g/mol. The van der Waals surface area contributed by atoms with Gasteiger partial charge in [-0.1, -0.05) is 31.0 Å². The Morgan fingerprint density at radius 3 is 2.76 bits per heavy atom. The molecule has 0 radical (unpaired) electrons. The molecule has 0 atom stereocenters. The molecule has 1 saturated carbocycles. The van der Waals surface area contributed by atoms with Crippen molar-refractivity contribution in [1.82, 2.24) is 10.6 Å². The summed E-state index contributed by atoms with van der Waals surface area (Å²) < 4.78 is 29.2. The summed E-state index contributed by atoms with van der Waals surface area (Å²) in [5, 5.41) is 6.33. The molecular weight excluding hydrogens is 276 g/mol. The number of benzene rings is 1. The van der Waals surface area contributed by atoms with Crippen LogP contribution >= 0.6 is 0 Å². The number of para-hydroxylation sites is 1. The number of ether oxygens (including phenoxy) is 1. The molecular formula is C15H21F2N3O. The van der Waals surface area contributed by atoms with Crippen LogP contribution in [0.1, 0.15) is 24.8 Å². The van der Waals surface area contributed by atoms with E-state index in [4.69, 9.17) is 0 Å². The third-order valence-corrected chi connectivity index (χ3v) is 3.40. The Bertz CT molecular complexity index is 476. The molecule has 2 rings (SSSR count). The lowest BCUT2D eigenvalue weighted by Crippen LogP contribution is -2.37. The van der Waals surface area contributed by atoms with Gasteiger partial charge in [0.25, 0.3) is 0 Å². The van der Waals surface area contributed by atoms with E-state index in [0.717, 1.165) is 18.9 Å².